The number of piperidine rings is 1. The van der Waals surface area contributed by atoms with Crippen molar-refractivity contribution in [2.24, 2.45) is 5.92 Å². The van der Waals surface area contributed by atoms with Crippen molar-refractivity contribution in [2.75, 3.05) is 25.1 Å². The van der Waals surface area contributed by atoms with Gasteiger partial charge in [0.2, 0.25) is 0 Å². The van der Waals surface area contributed by atoms with Crippen molar-refractivity contribution in [3.63, 3.8) is 0 Å². The fraction of sp³-hybridized carbons (Fsp3) is 0.667. The number of nitrogens with zero attached hydrogens (tertiary/aromatic N) is 3. The molecule has 0 radical (unpaired) electrons. The van der Waals surface area contributed by atoms with Gasteiger partial charge in [-0.05, 0) is 19.3 Å². The van der Waals surface area contributed by atoms with Crippen LogP contribution in [0.25, 0.3) is 0 Å². The smallest absolute Gasteiger partial charge is 0.132 e. The summed E-state index contributed by atoms with van der Waals surface area (Å²) in [6.07, 6.45) is 3.09. The number of methoxy groups -OCH3 is 1. The number of hydrogen-bond acceptors (Lipinski definition) is 4. The zero-order valence-electron chi connectivity index (χ0n) is 10.2. The molecule has 0 aliphatic carbocycles. The largest absolute Gasteiger partial charge is 0.379 e. The summed E-state index contributed by atoms with van der Waals surface area (Å²) in [6.45, 7) is 6.22. The lowest BCUT2D eigenvalue weighted by Gasteiger charge is -2.36. The third kappa shape index (κ3) is 2.32. The molecule has 0 N–H and O–H groups in total. The molecule has 2 heterocycles. The average molecular weight is 221 g/mol. The minimum Gasteiger partial charge on any atom is -0.379 e. The van der Waals surface area contributed by atoms with Crippen LogP contribution in [0.2, 0.25) is 0 Å². The Kier molecular flexibility index (Phi) is 3.39. The van der Waals surface area contributed by atoms with Gasteiger partial charge >= 0.3 is 0 Å². The molecule has 2 unspecified atom stereocenters. The van der Waals surface area contributed by atoms with E-state index in [1.165, 1.54) is 0 Å². The summed E-state index contributed by atoms with van der Waals surface area (Å²) in [5.74, 6) is 1.64. The van der Waals surface area contributed by atoms with E-state index in [2.05, 4.69) is 21.8 Å². The van der Waals surface area contributed by atoms with Crippen molar-refractivity contribution in [2.45, 2.75) is 26.4 Å². The van der Waals surface area contributed by atoms with E-state index < -0.39 is 0 Å². The van der Waals surface area contributed by atoms with Crippen LogP contribution in [-0.4, -0.2) is 36.3 Å². The topological polar surface area (TPSA) is 38.2 Å². The summed E-state index contributed by atoms with van der Waals surface area (Å²) < 4.78 is 5.50. The van der Waals surface area contributed by atoms with Gasteiger partial charge in [-0.1, -0.05) is 6.92 Å². The molecular weight excluding hydrogens is 202 g/mol. The van der Waals surface area contributed by atoms with Crippen molar-refractivity contribution in [1.82, 2.24) is 9.97 Å². The Hall–Kier alpha value is -1.16. The fourth-order valence-corrected chi connectivity index (χ4v) is 2.16. The molecule has 16 heavy (non-hydrogen) atoms. The van der Waals surface area contributed by atoms with E-state index in [1.54, 1.807) is 13.4 Å². The van der Waals surface area contributed by atoms with Crippen LogP contribution in [-0.2, 0) is 4.74 Å². The Labute approximate surface area is 96.7 Å². The molecule has 1 aromatic rings. The maximum absolute atomic E-state index is 5.50. The minimum absolute atomic E-state index is 0.309. The van der Waals surface area contributed by atoms with Crippen molar-refractivity contribution in [3.05, 3.63) is 18.1 Å². The number of aromatic nitrogens is 2. The van der Waals surface area contributed by atoms with Crippen molar-refractivity contribution in [1.29, 1.82) is 0 Å². The van der Waals surface area contributed by atoms with Crippen LogP contribution < -0.4 is 4.90 Å². The molecule has 1 aliphatic rings. The molecule has 2 atom stereocenters. The summed E-state index contributed by atoms with van der Waals surface area (Å²) in [4.78, 5) is 10.7. The summed E-state index contributed by atoms with van der Waals surface area (Å²) in [5, 5.41) is 0. The molecule has 0 saturated carbocycles. The Morgan fingerprint density at radius 3 is 2.94 bits per heavy atom. The number of hydrogen-bond donors (Lipinski definition) is 0. The van der Waals surface area contributed by atoms with E-state index in [1.807, 2.05) is 13.0 Å². The number of rotatable bonds is 2. The zero-order valence-corrected chi connectivity index (χ0v) is 10.2. The fourth-order valence-electron chi connectivity index (χ4n) is 2.16. The van der Waals surface area contributed by atoms with Gasteiger partial charge < -0.3 is 9.64 Å². The third-order valence-electron chi connectivity index (χ3n) is 3.31. The minimum atomic E-state index is 0.309. The summed E-state index contributed by atoms with van der Waals surface area (Å²) in [6, 6.07) is 2.03. The molecule has 4 nitrogen and oxygen atoms in total. The van der Waals surface area contributed by atoms with E-state index in [0.29, 0.717) is 12.0 Å². The first-order chi connectivity index (χ1) is 7.70. The summed E-state index contributed by atoms with van der Waals surface area (Å²) >= 11 is 0. The number of anilines is 1. The quantitative estimate of drug-likeness (QED) is 0.761. The highest BCUT2D eigenvalue weighted by atomic mass is 16.5. The van der Waals surface area contributed by atoms with Gasteiger partial charge in [-0.3, -0.25) is 0 Å². The van der Waals surface area contributed by atoms with Gasteiger partial charge in [0.05, 0.1) is 6.10 Å². The Bertz CT molecular complexity index is 356. The van der Waals surface area contributed by atoms with E-state index in [-0.39, 0.29) is 0 Å². The highest BCUT2D eigenvalue weighted by Crippen LogP contribution is 2.23. The summed E-state index contributed by atoms with van der Waals surface area (Å²) in [5.41, 5.74) is 1.01. The second-order valence-corrected chi connectivity index (χ2v) is 4.50. The van der Waals surface area contributed by atoms with Gasteiger partial charge in [0.1, 0.15) is 12.1 Å². The Morgan fingerprint density at radius 2 is 2.25 bits per heavy atom. The molecule has 0 aromatic carbocycles. The van der Waals surface area contributed by atoms with Gasteiger partial charge in [0, 0.05) is 32.0 Å². The molecule has 88 valence electrons. The second-order valence-electron chi connectivity index (χ2n) is 4.50. The first-order valence-corrected chi connectivity index (χ1v) is 5.77. The van der Waals surface area contributed by atoms with E-state index in [9.17, 15) is 0 Å². The second kappa shape index (κ2) is 4.78. The average Bonchev–Trinajstić information content (AvgIpc) is 2.29. The van der Waals surface area contributed by atoms with Crippen LogP contribution in [0.1, 0.15) is 19.0 Å². The number of ether oxygens (including phenoxy) is 1. The molecule has 2 rings (SSSR count). The van der Waals surface area contributed by atoms with Crippen LogP contribution in [0.4, 0.5) is 5.82 Å². The van der Waals surface area contributed by atoms with E-state index in [0.717, 1.165) is 31.0 Å². The highest BCUT2D eigenvalue weighted by Gasteiger charge is 2.26. The van der Waals surface area contributed by atoms with Crippen molar-refractivity contribution in [3.8, 4) is 0 Å². The highest BCUT2D eigenvalue weighted by molar-refractivity contribution is 5.39. The van der Waals surface area contributed by atoms with Crippen LogP contribution in [0, 0.1) is 12.8 Å². The van der Waals surface area contributed by atoms with Crippen LogP contribution in [0.15, 0.2) is 12.4 Å². The predicted molar refractivity (Wildman–Crippen MR) is 63.6 cm³/mol. The van der Waals surface area contributed by atoms with Gasteiger partial charge in [-0.2, -0.15) is 0 Å². The van der Waals surface area contributed by atoms with Gasteiger partial charge in [0.25, 0.3) is 0 Å². The van der Waals surface area contributed by atoms with Gasteiger partial charge in [0.15, 0.2) is 0 Å². The Morgan fingerprint density at radius 1 is 1.44 bits per heavy atom. The summed E-state index contributed by atoms with van der Waals surface area (Å²) in [7, 11) is 1.79. The monoisotopic (exact) mass is 221 g/mol. The lowest BCUT2D eigenvalue weighted by molar-refractivity contribution is 0.0496. The van der Waals surface area contributed by atoms with E-state index in [4.69, 9.17) is 4.74 Å². The van der Waals surface area contributed by atoms with E-state index >= 15 is 0 Å². The van der Waals surface area contributed by atoms with Crippen molar-refractivity contribution < 1.29 is 4.74 Å². The SMILES string of the molecule is COC1CN(c2cc(C)ncn2)CCC1C. The van der Waals surface area contributed by atoms with Gasteiger partial charge in [-0.25, -0.2) is 9.97 Å². The van der Waals surface area contributed by atoms with Crippen LogP contribution in [0.5, 0.6) is 0 Å². The predicted octanol–water partition coefficient (Wildman–Crippen LogP) is 1.65. The first-order valence-electron chi connectivity index (χ1n) is 5.77. The molecule has 1 fully saturated rings. The molecule has 4 heteroatoms. The molecule has 0 spiro atoms. The van der Waals surface area contributed by atoms with Crippen LogP contribution >= 0.6 is 0 Å². The lowest BCUT2D eigenvalue weighted by atomic mass is 9.96. The molecule has 1 aromatic heterocycles. The number of aryl methyl sites for hydroxylation is 1. The standard InChI is InChI=1S/C12H19N3O/c1-9-4-5-15(7-11(9)16-3)12-6-10(2)13-8-14-12/h6,8-9,11H,4-5,7H2,1-3H3. The van der Waals surface area contributed by atoms with Crippen molar-refractivity contribution >= 4 is 5.82 Å². The molecule has 0 bridgehead atoms. The normalized spacial score (nSPS) is 25.8. The molecule has 1 saturated heterocycles. The zero-order chi connectivity index (χ0) is 11.5. The van der Waals surface area contributed by atoms with Gasteiger partial charge in [-0.15, -0.1) is 0 Å². The Balaban J connectivity index is 2.11. The van der Waals surface area contributed by atoms with Crippen LogP contribution in [0.3, 0.4) is 0 Å². The third-order valence-corrected chi connectivity index (χ3v) is 3.31. The molecular formula is C12H19N3O. The maximum Gasteiger partial charge on any atom is 0.132 e. The maximum atomic E-state index is 5.50. The molecule has 1 aliphatic heterocycles. The first kappa shape index (κ1) is 11.3. The molecule has 0 amide bonds. The lowest BCUT2D eigenvalue weighted by Crippen LogP contribution is -2.44.